The Bertz CT molecular complexity index is 583. The van der Waals surface area contributed by atoms with Crippen LogP contribution in [-0.2, 0) is 6.42 Å². The zero-order valence-corrected chi connectivity index (χ0v) is 13.3. The van der Waals surface area contributed by atoms with Gasteiger partial charge in [-0.2, -0.15) is 0 Å². The largest absolute Gasteiger partial charge is 0.496 e. The summed E-state index contributed by atoms with van der Waals surface area (Å²) in [5.74, 6) is 0.799. The summed E-state index contributed by atoms with van der Waals surface area (Å²) in [5, 5.41) is 0.713. The van der Waals surface area contributed by atoms with Crippen molar-refractivity contribution in [3.8, 4) is 5.75 Å². The van der Waals surface area contributed by atoms with Crippen LogP contribution in [0.3, 0.4) is 0 Å². The van der Waals surface area contributed by atoms with E-state index in [4.69, 9.17) is 4.74 Å². The molecular weight excluding hydrogens is 319 g/mol. The first-order valence-corrected chi connectivity index (χ1v) is 7.71. The number of hydrogen-bond donors (Lipinski definition) is 0. The minimum absolute atomic E-state index is 0.0897. The van der Waals surface area contributed by atoms with E-state index in [1.165, 1.54) is 11.6 Å². The molecule has 2 aromatic carbocycles. The van der Waals surface area contributed by atoms with Crippen LogP contribution in [0.15, 0.2) is 42.5 Å². The molecule has 20 heavy (non-hydrogen) atoms. The van der Waals surface area contributed by atoms with Crippen molar-refractivity contribution < 1.29 is 9.13 Å². The van der Waals surface area contributed by atoms with E-state index in [0.29, 0.717) is 5.33 Å². The molecule has 0 aliphatic carbocycles. The molecule has 0 aromatic heterocycles. The van der Waals surface area contributed by atoms with Crippen molar-refractivity contribution in [2.75, 3.05) is 12.4 Å². The fourth-order valence-corrected chi connectivity index (χ4v) is 2.96. The predicted molar refractivity (Wildman–Crippen MR) is 84.4 cm³/mol. The molecule has 106 valence electrons. The molecule has 0 aliphatic rings. The molecule has 0 aliphatic heterocycles. The van der Waals surface area contributed by atoms with Crippen LogP contribution >= 0.6 is 15.9 Å². The van der Waals surface area contributed by atoms with Crippen molar-refractivity contribution in [3.63, 3.8) is 0 Å². The van der Waals surface area contributed by atoms with E-state index in [2.05, 4.69) is 28.9 Å². The molecule has 1 unspecified atom stereocenters. The van der Waals surface area contributed by atoms with E-state index in [-0.39, 0.29) is 11.7 Å². The summed E-state index contributed by atoms with van der Waals surface area (Å²) in [6.07, 6.45) is 0.747. The molecule has 3 heteroatoms. The Balaban J connectivity index is 2.31. The maximum atomic E-state index is 13.9. The molecule has 2 rings (SSSR count). The van der Waals surface area contributed by atoms with Crippen molar-refractivity contribution in [2.24, 2.45) is 0 Å². The van der Waals surface area contributed by atoms with Gasteiger partial charge in [0.15, 0.2) is 0 Å². The number of alkyl halides is 1. The zero-order chi connectivity index (χ0) is 14.5. The van der Waals surface area contributed by atoms with Gasteiger partial charge >= 0.3 is 0 Å². The highest BCUT2D eigenvalue weighted by Crippen LogP contribution is 2.29. The highest BCUT2D eigenvalue weighted by molar-refractivity contribution is 9.09. The molecule has 1 atom stereocenters. The van der Waals surface area contributed by atoms with Crippen LogP contribution in [0.5, 0.6) is 5.75 Å². The van der Waals surface area contributed by atoms with Crippen molar-refractivity contribution in [1.82, 2.24) is 0 Å². The molecule has 0 saturated heterocycles. The molecule has 0 spiro atoms. The number of methoxy groups -OCH3 is 1. The molecular formula is C17H18BrFO. The second-order valence-corrected chi connectivity index (χ2v) is 5.54. The SMILES string of the molecule is COc1ccc(C)cc1CC(CBr)c1ccccc1F. The lowest BCUT2D eigenvalue weighted by Crippen LogP contribution is -2.08. The second kappa shape index (κ2) is 6.89. The number of rotatable bonds is 5. The minimum Gasteiger partial charge on any atom is -0.496 e. The Morgan fingerprint density at radius 2 is 1.95 bits per heavy atom. The Kier molecular flexibility index (Phi) is 5.18. The third-order valence-corrected chi connectivity index (χ3v) is 4.22. The average Bonchev–Trinajstić information content (AvgIpc) is 2.46. The van der Waals surface area contributed by atoms with Crippen LogP contribution in [0.1, 0.15) is 22.6 Å². The van der Waals surface area contributed by atoms with E-state index in [9.17, 15) is 4.39 Å². The van der Waals surface area contributed by atoms with Crippen LogP contribution < -0.4 is 4.74 Å². The van der Waals surface area contributed by atoms with E-state index in [0.717, 1.165) is 23.3 Å². The van der Waals surface area contributed by atoms with Crippen molar-refractivity contribution >= 4 is 15.9 Å². The van der Waals surface area contributed by atoms with Crippen molar-refractivity contribution in [1.29, 1.82) is 0 Å². The van der Waals surface area contributed by atoms with Gasteiger partial charge in [-0.05, 0) is 36.6 Å². The van der Waals surface area contributed by atoms with Gasteiger partial charge in [-0.25, -0.2) is 4.39 Å². The summed E-state index contributed by atoms with van der Waals surface area (Å²) in [6.45, 7) is 2.05. The lowest BCUT2D eigenvalue weighted by atomic mass is 9.92. The maximum Gasteiger partial charge on any atom is 0.126 e. The number of benzene rings is 2. The molecule has 0 N–H and O–H groups in total. The van der Waals surface area contributed by atoms with Crippen LogP contribution in [0, 0.1) is 12.7 Å². The molecule has 0 heterocycles. The third kappa shape index (κ3) is 3.40. The van der Waals surface area contributed by atoms with Gasteiger partial charge in [-0.1, -0.05) is 51.8 Å². The molecule has 2 aromatic rings. The maximum absolute atomic E-state index is 13.9. The minimum atomic E-state index is -0.149. The monoisotopic (exact) mass is 336 g/mol. The second-order valence-electron chi connectivity index (χ2n) is 4.89. The summed E-state index contributed by atoms with van der Waals surface area (Å²) in [5.41, 5.74) is 3.04. The summed E-state index contributed by atoms with van der Waals surface area (Å²) in [4.78, 5) is 0. The van der Waals surface area contributed by atoms with E-state index in [1.54, 1.807) is 13.2 Å². The van der Waals surface area contributed by atoms with Crippen LogP contribution in [0.2, 0.25) is 0 Å². The first-order chi connectivity index (χ1) is 9.65. The van der Waals surface area contributed by atoms with Gasteiger partial charge in [0.2, 0.25) is 0 Å². The lowest BCUT2D eigenvalue weighted by Gasteiger charge is -2.17. The zero-order valence-electron chi connectivity index (χ0n) is 11.7. The van der Waals surface area contributed by atoms with Crippen LogP contribution in [0.4, 0.5) is 4.39 Å². The van der Waals surface area contributed by atoms with Gasteiger partial charge in [0, 0.05) is 11.2 Å². The standard InChI is InChI=1S/C17H18BrFO/c1-12-7-8-17(20-2)13(9-12)10-14(11-18)15-5-3-4-6-16(15)19/h3-9,14H,10-11H2,1-2H3. The molecule has 0 radical (unpaired) electrons. The normalized spacial score (nSPS) is 12.2. The van der Waals surface area contributed by atoms with Gasteiger partial charge < -0.3 is 4.74 Å². The number of ether oxygens (including phenoxy) is 1. The molecule has 0 amide bonds. The smallest absolute Gasteiger partial charge is 0.126 e. The van der Waals surface area contributed by atoms with E-state index in [1.807, 2.05) is 24.3 Å². The lowest BCUT2D eigenvalue weighted by molar-refractivity contribution is 0.408. The predicted octanol–water partition coefficient (Wildman–Crippen LogP) is 4.86. The fourth-order valence-electron chi connectivity index (χ4n) is 2.39. The summed E-state index contributed by atoms with van der Waals surface area (Å²) >= 11 is 3.50. The topological polar surface area (TPSA) is 9.23 Å². The van der Waals surface area contributed by atoms with Gasteiger partial charge in [0.05, 0.1) is 7.11 Å². The number of aryl methyl sites for hydroxylation is 1. The van der Waals surface area contributed by atoms with E-state index < -0.39 is 0 Å². The van der Waals surface area contributed by atoms with Gasteiger partial charge in [-0.15, -0.1) is 0 Å². The average molecular weight is 337 g/mol. The molecule has 0 bridgehead atoms. The molecule has 1 nitrogen and oxygen atoms in total. The van der Waals surface area contributed by atoms with Crippen LogP contribution in [-0.4, -0.2) is 12.4 Å². The van der Waals surface area contributed by atoms with Crippen molar-refractivity contribution in [2.45, 2.75) is 19.3 Å². The summed E-state index contributed by atoms with van der Waals surface area (Å²) in [7, 11) is 1.67. The summed E-state index contributed by atoms with van der Waals surface area (Å²) in [6, 6.07) is 13.1. The Hall–Kier alpha value is -1.35. The third-order valence-electron chi connectivity index (χ3n) is 3.43. The van der Waals surface area contributed by atoms with Gasteiger partial charge in [0.25, 0.3) is 0 Å². The highest BCUT2D eigenvalue weighted by atomic mass is 79.9. The molecule has 0 fully saturated rings. The first kappa shape index (κ1) is 15.0. The Morgan fingerprint density at radius 1 is 1.20 bits per heavy atom. The Labute approximate surface area is 127 Å². The fraction of sp³-hybridized carbons (Fsp3) is 0.294. The number of halogens is 2. The quantitative estimate of drug-likeness (QED) is 0.708. The highest BCUT2D eigenvalue weighted by Gasteiger charge is 2.17. The van der Waals surface area contributed by atoms with Gasteiger partial charge in [0.1, 0.15) is 11.6 Å². The van der Waals surface area contributed by atoms with Crippen LogP contribution in [0.25, 0.3) is 0 Å². The summed E-state index contributed by atoms with van der Waals surface area (Å²) < 4.78 is 19.3. The van der Waals surface area contributed by atoms with E-state index >= 15 is 0 Å². The van der Waals surface area contributed by atoms with Crippen molar-refractivity contribution in [3.05, 3.63) is 65.0 Å². The Morgan fingerprint density at radius 3 is 2.60 bits per heavy atom. The first-order valence-electron chi connectivity index (χ1n) is 6.59. The molecule has 0 saturated carbocycles. The van der Waals surface area contributed by atoms with Gasteiger partial charge in [-0.3, -0.25) is 0 Å². The number of hydrogen-bond acceptors (Lipinski definition) is 1.